The molecule has 7 heteroatoms. The molecule has 0 bridgehead atoms. The number of thiazole rings is 1. The summed E-state index contributed by atoms with van der Waals surface area (Å²) < 4.78 is 0. The minimum atomic E-state index is 0. The third-order valence-electron chi connectivity index (χ3n) is 2.70. The van der Waals surface area contributed by atoms with Gasteiger partial charge in [-0.15, -0.1) is 12.4 Å². The first-order valence-electron chi connectivity index (χ1n) is 5.93. The Kier molecular flexibility index (Phi) is 5.84. The molecule has 0 spiro atoms. The van der Waals surface area contributed by atoms with Gasteiger partial charge >= 0.3 is 0 Å². The van der Waals surface area contributed by atoms with Crippen molar-refractivity contribution in [3.63, 3.8) is 0 Å². The van der Waals surface area contributed by atoms with Crippen molar-refractivity contribution in [3.05, 3.63) is 11.1 Å². The molecule has 5 nitrogen and oxygen atoms in total. The Labute approximate surface area is 117 Å². The Hall–Kier alpha value is -0.850. The Morgan fingerprint density at radius 2 is 2.50 bits per heavy atom. The van der Waals surface area contributed by atoms with Crippen molar-refractivity contribution < 1.29 is 4.79 Å². The summed E-state index contributed by atoms with van der Waals surface area (Å²) in [5.74, 6) is 0.0972. The number of hydrogen-bond acceptors (Lipinski definition) is 5. The van der Waals surface area contributed by atoms with Gasteiger partial charge in [0, 0.05) is 32.2 Å². The van der Waals surface area contributed by atoms with Crippen LogP contribution >= 0.6 is 23.7 Å². The van der Waals surface area contributed by atoms with Crippen molar-refractivity contribution in [2.75, 3.05) is 31.5 Å². The van der Waals surface area contributed by atoms with Gasteiger partial charge in [0.2, 0.25) is 0 Å². The molecule has 1 saturated heterocycles. The second-order valence-corrected chi connectivity index (χ2v) is 5.20. The molecule has 0 saturated carbocycles. The Bertz CT molecular complexity index is 398. The lowest BCUT2D eigenvalue weighted by Gasteiger charge is -2.31. The minimum Gasteiger partial charge on any atom is -0.362 e. The van der Waals surface area contributed by atoms with Crippen molar-refractivity contribution in [3.8, 4) is 0 Å². The van der Waals surface area contributed by atoms with Crippen LogP contribution in [-0.2, 0) is 0 Å². The van der Waals surface area contributed by atoms with Crippen molar-refractivity contribution in [2.45, 2.75) is 19.9 Å². The number of halogens is 1. The highest BCUT2D eigenvalue weighted by Crippen LogP contribution is 2.20. The van der Waals surface area contributed by atoms with Crippen LogP contribution in [-0.4, -0.2) is 48.0 Å². The van der Waals surface area contributed by atoms with E-state index < -0.39 is 0 Å². The molecule has 102 valence electrons. The van der Waals surface area contributed by atoms with Gasteiger partial charge in [0.1, 0.15) is 4.88 Å². The Morgan fingerprint density at radius 3 is 3.17 bits per heavy atom. The molecule has 1 aliphatic rings. The molecule has 1 aliphatic heterocycles. The van der Waals surface area contributed by atoms with Gasteiger partial charge in [0.15, 0.2) is 5.13 Å². The van der Waals surface area contributed by atoms with Gasteiger partial charge in [0.05, 0.1) is 6.20 Å². The van der Waals surface area contributed by atoms with Gasteiger partial charge in [-0.1, -0.05) is 11.3 Å². The predicted molar refractivity (Wildman–Crippen MR) is 76.9 cm³/mol. The monoisotopic (exact) mass is 290 g/mol. The largest absolute Gasteiger partial charge is 0.362 e. The summed E-state index contributed by atoms with van der Waals surface area (Å²) in [7, 11) is 0. The zero-order chi connectivity index (χ0) is 12.3. The fourth-order valence-corrected chi connectivity index (χ4v) is 2.73. The highest BCUT2D eigenvalue weighted by Gasteiger charge is 2.23. The summed E-state index contributed by atoms with van der Waals surface area (Å²) in [6, 6.07) is 0.369. The number of carbonyl (C=O) groups excluding carboxylic acids is 1. The molecule has 0 unspecified atom stereocenters. The van der Waals surface area contributed by atoms with Gasteiger partial charge in [-0.3, -0.25) is 4.79 Å². The van der Waals surface area contributed by atoms with Crippen LogP contribution in [0.5, 0.6) is 0 Å². The second kappa shape index (κ2) is 6.92. The maximum Gasteiger partial charge on any atom is 0.265 e. The Balaban J connectivity index is 0.00000162. The van der Waals surface area contributed by atoms with Gasteiger partial charge in [-0.05, 0) is 13.8 Å². The maximum atomic E-state index is 12.2. The van der Waals surface area contributed by atoms with Crippen LogP contribution in [0.15, 0.2) is 6.20 Å². The van der Waals surface area contributed by atoms with E-state index >= 15 is 0 Å². The average Bonchev–Trinajstić information content (AvgIpc) is 2.77. The van der Waals surface area contributed by atoms with Crippen LogP contribution in [0.3, 0.4) is 0 Å². The van der Waals surface area contributed by atoms with E-state index in [1.807, 2.05) is 11.8 Å². The molecular formula is C11H19ClN4OS. The molecule has 1 aromatic heterocycles. The lowest BCUT2D eigenvalue weighted by atomic mass is 10.2. The number of anilines is 1. The molecule has 2 rings (SSSR count). The number of piperazine rings is 1. The summed E-state index contributed by atoms with van der Waals surface area (Å²) in [4.78, 5) is 19.0. The molecule has 1 amide bonds. The van der Waals surface area contributed by atoms with Crippen LogP contribution in [0.25, 0.3) is 0 Å². The lowest BCUT2D eigenvalue weighted by molar-refractivity contribution is 0.0714. The molecule has 1 atom stereocenters. The normalized spacial score (nSPS) is 19.2. The maximum absolute atomic E-state index is 12.2. The second-order valence-electron chi connectivity index (χ2n) is 4.17. The van der Waals surface area contributed by atoms with E-state index in [1.165, 1.54) is 11.3 Å². The summed E-state index contributed by atoms with van der Waals surface area (Å²) in [5.41, 5.74) is 0. The van der Waals surface area contributed by atoms with E-state index in [4.69, 9.17) is 0 Å². The van der Waals surface area contributed by atoms with Gasteiger partial charge < -0.3 is 15.5 Å². The van der Waals surface area contributed by atoms with Crippen LogP contribution in [0.4, 0.5) is 5.13 Å². The smallest absolute Gasteiger partial charge is 0.265 e. The van der Waals surface area contributed by atoms with Crippen LogP contribution in [0, 0.1) is 0 Å². The standard InChI is InChI=1S/C11H18N4OS.ClH/c1-3-12-11-14-6-9(17-11)10(16)15-5-4-13-8(2)7-15;/h6,8,13H,3-5,7H2,1-2H3,(H,12,14);1H/t8-;/m1./s1. The van der Waals surface area contributed by atoms with Gasteiger partial charge in [-0.25, -0.2) is 4.98 Å². The average molecular weight is 291 g/mol. The molecule has 1 fully saturated rings. The summed E-state index contributed by atoms with van der Waals surface area (Å²) in [6.45, 7) is 7.35. The van der Waals surface area contributed by atoms with E-state index in [-0.39, 0.29) is 18.3 Å². The van der Waals surface area contributed by atoms with Crippen molar-refractivity contribution in [1.29, 1.82) is 0 Å². The highest BCUT2D eigenvalue weighted by molar-refractivity contribution is 7.17. The lowest BCUT2D eigenvalue weighted by Crippen LogP contribution is -2.51. The molecule has 1 aromatic rings. The minimum absolute atomic E-state index is 0. The zero-order valence-electron chi connectivity index (χ0n) is 10.6. The summed E-state index contributed by atoms with van der Waals surface area (Å²) in [5, 5.41) is 7.26. The van der Waals surface area contributed by atoms with Crippen LogP contribution in [0.2, 0.25) is 0 Å². The third-order valence-corrected chi connectivity index (χ3v) is 3.64. The van der Waals surface area contributed by atoms with E-state index in [9.17, 15) is 4.79 Å². The number of hydrogen-bond donors (Lipinski definition) is 2. The quantitative estimate of drug-likeness (QED) is 0.884. The third kappa shape index (κ3) is 3.57. The number of amides is 1. The first-order chi connectivity index (χ1) is 8.20. The summed E-state index contributed by atoms with van der Waals surface area (Å²) in [6.07, 6.45) is 1.66. The van der Waals surface area contributed by atoms with E-state index in [0.29, 0.717) is 6.04 Å². The number of nitrogens with one attached hydrogen (secondary N) is 2. The van der Waals surface area contributed by atoms with Crippen molar-refractivity contribution in [2.24, 2.45) is 0 Å². The topological polar surface area (TPSA) is 57.3 Å². The predicted octanol–water partition coefficient (Wildman–Crippen LogP) is 1.43. The number of rotatable bonds is 3. The number of aromatic nitrogens is 1. The van der Waals surface area contributed by atoms with E-state index in [2.05, 4.69) is 22.5 Å². The molecule has 2 N–H and O–H groups in total. The number of carbonyl (C=O) groups is 1. The fraction of sp³-hybridized carbons (Fsp3) is 0.636. The highest BCUT2D eigenvalue weighted by atomic mass is 35.5. The van der Waals surface area contributed by atoms with Crippen molar-refractivity contribution in [1.82, 2.24) is 15.2 Å². The van der Waals surface area contributed by atoms with Gasteiger partial charge in [0.25, 0.3) is 5.91 Å². The van der Waals surface area contributed by atoms with E-state index in [0.717, 1.165) is 36.2 Å². The Morgan fingerprint density at radius 1 is 1.72 bits per heavy atom. The summed E-state index contributed by atoms with van der Waals surface area (Å²) >= 11 is 1.43. The first-order valence-corrected chi connectivity index (χ1v) is 6.74. The van der Waals surface area contributed by atoms with E-state index in [1.54, 1.807) is 6.20 Å². The molecular weight excluding hydrogens is 272 g/mol. The SMILES string of the molecule is CCNc1ncc(C(=O)N2CCN[C@H](C)C2)s1.Cl. The number of nitrogens with zero attached hydrogens (tertiary/aromatic N) is 2. The molecule has 0 aliphatic carbocycles. The molecule has 0 aromatic carbocycles. The molecule has 18 heavy (non-hydrogen) atoms. The molecule has 0 radical (unpaired) electrons. The van der Waals surface area contributed by atoms with Crippen LogP contribution in [0.1, 0.15) is 23.5 Å². The molecule has 2 heterocycles. The van der Waals surface area contributed by atoms with Gasteiger partial charge in [-0.2, -0.15) is 0 Å². The fourth-order valence-electron chi connectivity index (χ4n) is 1.88. The van der Waals surface area contributed by atoms with Crippen LogP contribution < -0.4 is 10.6 Å². The van der Waals surface area contributed by atoms with Crippen molar-refractivity contribution >= 4 is 34.8 Å². The first kappa shape index (κ1) is 15.2. The zero-order valence-corrected chi connectivity index (χ0v) is 12.2.